The Hall–Kier alpha value is -3.21. The third kappa shape index (κ3) is 3.88. The van der Waals surface area contributed by atoms with Crippen molar-refractivity contribution >= 4 is 16.7 Å². The fourth-order valence-electron chi connectivity index (χ4n) is 3.27. The highest BCUT2D eigenvalue weighted by atomic mass is 16.5. The third-order valence-electron chi connectivity index (χ3n) is 4.79. The zero-order chi connectivity index (χ0) is 19.3. The molecule has 1 aliphatic heterocycles. The minimum absolute atomic E-state index is 0.0496. The third-order valence-corrected chi connectivity index (χ3v) is 4.79. The van der Waals surface area contributed by atoms with Crippen LogP contribution in [0.5, 0.6) is 5.75 Å². The van der Waals surface area contributed by atoms with Crippen LogP contribution in [0, 0.1) is 11.3 Å². The molecule has 7 nitrogen and oxygen atoms in total. The number of nitrogens with one attached hydrogen (secondary N) is 1. The molecule has 0 atom stereocenters. The molecule has 1 fully saturated rings. The summed E-state index contributed by atoms with van der Waals surface area (Å²) in [6, 6.07) is 14.5. The molecule has 142 valence electrons. The lowest BCUT2D eigenvalue weighted by Gasteiger charge is -2.26. The van der Waals surface area contributed by atoms with Gasteiger partial charge in [-0.2, -0.15) is 5.26 Å². The Morgan fingerprint density at radius 2 is 1.96 bits per heavy atom. The second-order valence-electron chi connectivity index (χ2n) is 6.64. The normalized spacial score (nSPS) is 14.7. The van der Waals surface area contributed by atoms with Crippen LogP contribution in [0.2, 0.25) is 0 Å². The number of aromatic nitrogens is 2. The lowest BCUT2D eigenvalue weighted by atomic mass is 10.1. The summed E-state index contributed by atoms with van der Waals surface area (Å²) < 4.78 is 5.39. The lowest BCUT2D eigenvalue weighted by molar-refractivity contribution is 0.0398. The Kier molecular flexibility index (Phi) is 5.33. The number of benzene rings is 2. The lowest BCUT2D eigenvalue weighted by Crippen LogP contribution is -2.39. The Morgan fingerprint density at radius 3 is 2.79 bits per heavy atom. The molecule has 7 heteroatoms. The van der Waals surface area contributed by atoms with Gasteiger partial charge in [-0.15, -0.1) is 0 Å². The predicted molar refractivity (Wildman–Crippen MR) is 107 cm³/mol. The van der Waals surface area contributed by atoms with Gasteiger partial charge in [0.1, 0.15) is 11.6 Å². The van der Waals surface area contributed by atoms with Crippen LogP contribution in [-0.4, -0.2) is 59.4 Å². The number of nitriles is 1. The number of hydrogen-bond acceptors (Lipinski definition) is 7. The number of phenols is 1. The molecule has 1 aliphatic rings. The van der Waals surface area contributed by atoms with Crippen molar-refractivity contribution in [1.29, 1.82) is 5.26 Å². The van der Waals surface area contributed by atoms with E-state index in [1.807, 2.05) is 24.3 Å². The summed E-state index contributed by atoms with van der Waals surface area (Å²) in [6.45, 7) is 5.06. The van der Waals surface area contributed by atoms with E-state index < -0.39 is 0 Å². The Bertz CT molecular complexity index is 1020. The van der Waals surface area contributed by atoms with Gasteiger partial charge in [-0.05, 0) is 30.3 Å². The number of phenolic OH excluding ortho intramolecular Hbond substituents is 1. The first-order valence-corrected chi connectivity index (χ1v) is 9.29. The average Bonchev–Trinajstić information content (AvgIpc) is 2.74. The fourth-order valence-corrected chi connectivity index (χ4v) is 3.27. The van der Waals surface area contributed by atoms with Gasteiger partial charge in [0, 0.05) is 31.6 Å². The van der Waals surface area contributed by atoms with Gasteiger partial charge < -0.3 is 15.2 Å². The predicted octanol–water partition coefficient (Wildman–Crippen LogP) is 2.62. The number of fused-ring (bicyclic) bond motifs is 1. The molecule has 1 aromatic heterocycles. The standard InChI is InChI=1S/C21H21N5O2/c22-14-15-5-6-19(27)17(13-15)21-24-18-4-2-1-3-16(18)20(25-21)23-7-8-26-9-11-28-12-10-26/h1-6,13,27H,7-12H2,(H,23,24,25). The number of hydrogen-bond donors (Lipinski definition) is 2. The van der Waals surface area contributed by atoms with Crippen molar-refractivity contribution in [3.8, 4) is 23.2 Å². The van der Waals surface area contributed by atoms with Crippen molar-refractivity contribution in [3.63, 3.8) is 0 Å². The van der Waals surface area contributed by atoms with E-state index >= 15 is 0 Å². The second kappa shape index (κ2) is 8.21. The molecule has 0 aliphatic carbocycles. The topological polar surface area (TPSA) is 94.3 Å². The molecule has 0 radical (unpaired) electrons. The van der Waals surface area contributed by atoms with Gasteiger partial charge in [0.2, 0.25) is 0 Å². The molecular formula is C21H21N5O2. The molecule has 2 heterocycles. The van der Waals surface area contributed by atoms with Gasteiger partial charge in [0.15, 0.2) is 5.82 Å². The first kappa shape index (κ1) is 18.2. The van der Waals surface area contributed by atoms with Crippen LogP contribution in [0.4, 0.5) is 5.82 Å². The maximum atomic E-state index is 10.3. The maximum Gasteiger partial charge on any atom is 0.165 e. The first-order chi connectivity index (χ1) is 13.7. The van der Waals surface area contributed by atoms with Crippen LogP contribution in [-0.2, 0) is 4.74 Å². The van der Waals surface area contributed by atoms with E-state index in [2.05, 4.69) is 26.3 Å². The SMILES string of the molecule is N#Cc1ccc(O)c(-c2nc(NCCN3CCOCC3)c3ccccc3n2)c1. The zero-order valence-electron chi connectivity index (χ0n) is 15.4. The Labute approximate surface area is 163 Å². The average molecular weight is 375 g/mol. The van der Waals surface area contributed by atoms with Crippen LogP contribution in [0.3, 0.4) is 0 Å². The van der Waals surface area contributed by atoms with Crippen LogP contribution >= 0.6 is 0 Å². The second-order valence-corrected chi connectivity index (χ2v) is 6.64. The molecule has 0 spiro atoms. The molecular weight excluding hydrogens is 354 g/mol. The van der Waals surface area contributed by atoms with E-state index in [9.17, 15) is 5.11 Å². The minimum atomic E-state index is 0.0496. The van der Waals surface area contributed by atoms with Gasteiger partial charge in [0.25, 0.3) is 0 Å². The Balaban J connectivity index is 1.65. The van der Waals surface area contributed by atoms with Gasteiger partial charge >= 0.3 is 0 Å². The summed E-state index contributed by atoms with van der Waals surface area (Å²) in [5.74, 6) is 1.16. The number of para-hydroxylation sites is 1. The van der Waals surface area contributed by atoms with E-state index in [1.54, 1.807) is 12.1 Å². The summed E-state index contributed by atoms with van der Waals surface area (Å²) >= 11 is 0. The molecule has 28 heavy (non-hydrogen) atoms. The molecule has 0 saturated carbocycles. The van der Waals surface area contributed by atoms with Crippen molar-refractivity contribution in [1.82, 2.24) is 14.9 Å². The largest absolute Gasteiger partial charge is 0.507 e. The van der Waals surface area contributed by atoms with Gasteiger partial charge in [-0.3, -0.25) is 4.90 Å². The summed E-state index contributed by atoms with van der Waals surface area (Å²) in [6.07, 6.45) is 0. The van der Waals surface area contributed by atoms with Crippen LogP contribution in [0.1, 0.15) is 5.56 Å². The van der Waals surface area contributed by atoms with Crippen molar-refractivity contribution in [2.24, 2.45) is 0 Å². The number of nitrogens with zero attached hydrogens (tertiary/aromatic N) is 4. The van der Waals surface area contributed by atoms with Crippen molar-refractivity contribution in [2.45, 2.75) is 0 Å². The highest BCUT2D eigenvalue weighted by Crippen LogP contribution is 2.30. The van der Waals surface area contributed by atoms with Crippen molar-refractivity contribution in [3.05, 3.63) is 48.0 Å². The van der Waals surface area contributed by atoms with Crippen molar-refractivity contribution in [2.75, 3.05) is 44.7 Å². The van der Waals surface area contributed by atoms with Gasteiger partial charge in [-0.1, -0.05) is 12.1 Å². The highest BCUT2D eigenvalue weighted by Gasteiger charge is 2.14. The summed E-state index contributed by atoms with van der Waals surface area (Å²) in [5, 5.41) is 23.8. The first-order valence-electron chi connectivity index (χ1n) is 9.29. The number of aromatic hydroxyl groups is 1. The van der Waals surface area contributed by atoms with Crippen LogP contribution in [0.25, 0.3) is 22.3 Å². The number of rotatable bonds is 5. The van der Waals surface area contributed by atoms with E-state index in [0.29, 0.717) is 17.0 Å². The van der Waals surface area contributed by atoms with Crippen LogP contribution < -0.4 is 5.32 Å². The van der Waals surface area contributed by atoms with E-state index in [1.165, 1.54) is 6.07 Å². The number of anilines is 1. The van der Waals surface area contributed by atoms with Gasteiger partial charge in [-0.25, -0.2) is 9.97 Å². The van der Waals surface area contributed by atoms with E-state index in [0.717, 1.165) is 56.1 Å². The summed E-state index contributed by atoms with van der Waals surface area (Å²) in [7, 11) is 0. The van der Waals surface area contributed by atoms with Crippen LogP contribution in [0.15, 0.2) is 42.5 Å². The highest BCUT2D eigenvalue weighted by molar-refractivity contribution is 5.91. The molecule has 0 unspecified atom stereocenters. The molecule has 0 amide bonds. The molecule has 3 aromatic rings. The van der Waals surface area contributed by atoms with E-state index in [4.69, 9.17) is 10.00 Å². The number of morpholine rings is 1. The summed E-state index contributed by atoms with van der Waals surface area (Å²) in [4.78, 5) is 11.6. The molecule has 4 rings (SSSR count). The Morgan fingerprint density at radius 1 is 1.14 bits per heavy atom. The van der Waals surface area contributed by atoms with E-state index in [-0.39, 0.29) is 5.75 Å². The zero-order valence-corrected chi connectivity index (χ0v) is 15.4. The number of ether oxygens (including phenoxy) is 1. The summed E-state index contributed by atoms with van der Waals surface area (Å²) in [5.41, 5.74) is 1.68. The smallest absolute Gasteiger partial charge is 0.165 e. The van der Waals surface area contributed by atoms with Crippen molar-refractivity contribution < 1.29 is 9.84 Å². The molecule has 0 bridgehead atoms. The minimum Gasteiger partial charge on any atom is -0.507 e. The van der Waals surface area contributed by atoms with Gasteiger partial charge in [0.05, 0.1) is 35.9 Å². The monoisotopic (exact) mass is 375 g/mol. The molecule has 2 N–H and O–H groups in total. The quantitative estimate of drug-likeness (QED) is 0.708. The molecule has 2 aromatic carbocycles. The molecule has 1 saturated heterocycles. The maximum absolute atomic E-state index is 10.3. The fraction of sp³-hybridized carbons (Fsp3) is 0.286.